The number of rotatable bonds is 4. The van der Waals surface area contributed by atoms with Crippen LogP contribution in [-0.4, -0.2) is 15.5 Å². The number of aromatic amines is 1. The lowest BCUT2D eigenvalue weighted by Gasteiger charge is -2.11. The summed E-state index contributed by atoms with van der Waals surface area (Å²) in [6.45, 7) is 3.53. The van der Waals surface area contributed by atoms with Crippen LogP contribution in [0.3, 0.4) is 0 Å². The van der Waals surface area contributed by atoms with Gasteiger partial charge in [-0.25, -0.2) is 0 Å². The first-order valence-electron chi connectivity index (χ1n) is 8.38. The minimum Gasteiger partial charge on any atom is -0.350 e. The highest BCUT2D eigenvalue weighted by Gasteiger charge is 2.13. The number of H-pyrrole nitrogens is 1. The third-order valence-electron chi connectivity index (χ3n) is 4.69. The fraction of sp³-hybridized carbons (Fsp3) is 0.250. The van der Waals surface area contributed by atoms with Gasteiger partial charge in [0.1, 0.15) is 11.6 Å². The van der Waals surface area contributed by atoms with E-state index in [1.165, 1.54) is 0 Å². The summed E-state index contributed by atoms with van der Waals surface area (Å²) in [6.07, 6.45) is 2.70. The number of pyridine rings is 1. The first-order chi connectivity index (χ1) is 12.4. The average Bonchev–Trinajstić information content (AvgIpc) is 2.95. The maximum Gasteiger partial charge on any atom is 0.266 e. The fourth-order valence-corrected chi connectivity index (χ4v) is 3.22. The van der Waals surface area contributed by atoms with Crippen LogP contribution in [0.4, 0.5) is 5.69 Å². The summed E-state index contributed by atoms with van der Waals surface area (Å²) < 4.78 is 2.00. The quantitative estimate of drug-likeness (QED) is 0.759. The highest BCUT2D eigenvalue weighted by Crippen LogP contribution is 2.20. The molecule has 0 fully saturated rings. The van der Waals surface area contributed by atoms with Crippen LogP contribution in [0.2, 0.25) is 0 Å². The second-order valence-electron chi connectivity index (χ2n) is 6.42. The van der Waals surface area contributed by atoms with Gasteiger partial charge in [-0.2, -0.15) is 5.26 Å². The molecule has 132 valence electrons. The van der Waals surface area contributed by atoms with Crippen molar-refractivity contribution in [1.29, 1.82) is 5.26 Å². The molecule has 0 radical (unpaired) electrons. The number of nitriles is 1. The van der Waals surface area contributed by atoms with E-state index in [1.54, 1.807) is 13.8 Å². The van der Waals surface area contributed by atoms with Crippen LogP contribution < -0.4 is 10.9 Å². The van der Waals surface area contributed by atoms with E-state index in [9.17, 15) is 9.59 Å². The second-order valence-corrected chi connectivity index (χ2v) is 6.42. The molecule has 0 bridgehead atoms. The molecule has 0 aliphatic heterocycles. The molecule has 6 heteroatoms. The third kappa shape index (κ3) is 3.24. The van der Waals surface area contributed by atoms with E-state index < -0.39 is 0 Å². The molecule has 0 saturated heterocycles. The Bertz CT molecular complexity index is 1100. The lowest BCUT2D eigenvalue weighted by molar-refractivity contribution is -0.116. The second kappa shape index (κ2) is 6.89. The zero-order valence-electron chi connectivity index (χ0n) is 15.0. The van der Waals surface area contributed by atoms with Gasteiger partial charge >= 0.3 is 0 Å². The predicted molar refractivity (Wildman–Crippen MR) is 101 cm³/mol. The van der Waals surface area contributed by atoms with E-state index >= 15 is 0 Å². The summed E-state index contributed by atoms with van der Waals surface area (Å²) in [6, 6.07) is 9.75. The number of carbonyl (C=O) groups excluding carboxylic acids is 1. The number of nitrogens with zero attached hydrogens (tertiary/aromatic N) is 2. The number of fused-ring (bicyclic) bond motifs is 1. The Labute approximate surface area is 151 Å². The van der Waals surface area contributed by atoms with Gasteiger partial charge in [-0.05, 0) is 55.0 Å². The topological polar surface area (TPSA) is 90.7 Å². The molecule has 3 aromatic rings. The maximum absolute atomic E-state index is 12.3. The van der Waals surface area contributed by atoms with E-state index in [0.717, 1.165) is 22.2 Å². The van der Waals surface area contributed by atoms with Gasteiger partial charge in [-0.1, -0.05) is 6.07 Å². The molecule has 26 heavy (non-hydrogen) atoms. The lowest BCUT2D eigenvalue weighted by Crippen LogP contribution is -2.18. The van der Waals surface area contributed by atoms with Crippen LogP contribution in [0, 0.1) is 25.2 Å². The number of amides is 1. The molecule has 1 amide bonds. The number of benzene rings is 1. The molecule has 0 atom stereocenters. The van der Waals surface area contributed by atoms with E-state index in [1.807, 2.05) is 48.1 Å². The van der Waals surface area contributed by atoms with Gasteiger partial charge in [0, 0.05) is 36.6 Å². The summed E-state index contributed by atoms with van der Waals surface area (Å²) in [5.41, 5.74) is 3.71. The van der Waals surface area contributed by atoms with Crippen molar-refractivity contribution in [3.05, 3.63) is 63.2 Å². The van der Waals surface area contributed by atoms with Gasteiger partial charge in [-0.3, -0.25) is 9.59 Å². The van der Waals surface area contributed by atoms with Crippen LogP contribution in [-0.2, 0) is 18.3 Å². The Balaban J connectivity index is 1.74. The van der Waals surface area contributed by atoms with Crippen molar-refractivity contribution in [3.63, 3.8) is 0 Å². The van der Waals surface area contributed by atoms with Crippen molar-refractivity contribution in [2.45, 2.75) is 26.7 Å². The standard InChI is InChI=1S/C20H20N4O2/c1-12-16(13(2)22-20(26)17(12)11-21)6-7-19(25)23-15-5-4-14-8-9-24(3)18(14)10-15/h4-5,8-10H,6-7H2,1-3H3,(H,22,26)(H,23,25). The van der Waals surface area contributed by atoms with E-state index in [4.69, 9.17) is 5.26 Å². The van der Waals surface area contributed by atoms with Crippen LogP contribution in [0.1, 0.15) is 28.8 Å². The number of aromatic nitrogens is 2. The highest BCUT2D eigenvalue weighted by molar-refractivity contribution is 5.93. The maximum atomic E-state index is 12.3. The molecule has 2 N–H and O–H groups in total. The van der Waals surface area contributed by atoms with E-state index in [-0.39, 0.29) is 23.5 Å². The largest absolute Gasteiger partial charge is 0.350 e. The van der Waals surface area contributed by atoms with Crippen molar-refractivity contribution in [2.75, 3.05) is 5.32 Å². The van der Waals surface area contributed by atoms with Gasteiger partial charge in [0.15, 0.2) is 0 Å². The molecule has 2 heterocycles. The summed E-state index contributed by atoms with van der Waals surface area (Å²) >= 11 is 0. The molecular weight excluding hydrogens is 328 g/mol. The average molecular weight is 348 g/mol. The van der Waals surface area contributed by atoms with Crippen molar-refractivity contribution in [2.24, 2.45) is 7.05 Å². The first-order valence-corrected chi connectivity index (χ1v) is 8.38. The Morgan fingerprint density at radius 1 is 1.31 bits per heavy atom. The van der Waals surface area contributed by atoms with Crippen LogP contribution in [0.5, 0.6) is 0 Å². The minimum atomic E-state index is -0.383. The summed E-state index contributed by atoms with van der Waals surface area (Å²) in [5, 5.41) is 13.2. The Morgan fingerprint density at radius 3 is 2.81 bits per heavy atom. The smallest absolute Gasteiger partial charge is 0.266 e. The molecule has 1 aromatic carbocycles. The van der Waals surface area contributed by atoms with Gasteiger partial charge < -0.3 is 14.9 Å². The van der Waals surface area contributed by atoms with Crippen LogP contribution in [0.25, 0.3) is 10.9 Å². The van der Waals surface area contributed by atoms with Crippen LogP contribution in [0.15, 0.2) is 35.3 Å². The molecule has 0 aliphatic rings. The van der Waals surface area contributed by atoms with Gasteiger partial charge in [0.05, 0.1) is 0 Å². The first kappa shape index (κ1) is 17.5. The molecule has 0 saturated carbocycles. The number of hydrogen-bond donors (Lipinski definition) is 2. The predicted octanol–water partition coefficient (Wildman–Crippen LogP) is 2.93. The monoisotopic (exact) mass is 348 g/mol. The third-order valence-corrected chi connectivity index (χ3v) is 4.69. The van der Waals surface area contributed by atoms with Crippen molar-refractivity contribution in [1.82, 2.24) is 9.55 Å². The number of hydrogen-bond acceptors (Lipinski definition) is 3. The minimum absolute atomic E-state index is 0.109. The Kier molecular flexibility index (Phi) is 4.63. The van der Waals surface area contributed by atoms with Crippen molar-refractivity contribution in [3.8, 4) is 6.07 Å². The zero-order chi connectivity index (χ0) is 18.8. The molecule has 3 rings (SSSR count). The highest BCUT2D eigenvalue weighted by atomic mass is 16.1. The van der Waals surface area contributed by atoms with E-state index in [0.29, 0.717) is 17.7 Å². The summed E-state index contributed by atoms with van der Waals surface area (Å²) in [5.74, 6) is -0.109. The SMILES string of the molecule is Cc1[nH]c(=O)c(C#N)c(C)c1CCC(=O)Nc1ccc2ccn(C)c2c1. The molecule has 0 unspecified atom stereocenters. The zero-order valence-corrected chi connectivity index (χ0v) is 15.0. The van der Waals surface area contributed by atoms with Gasteiger partial charge in [-0.15, -0.1) is 0 Å². The fourth-order valence-electron chi connectivity index (χ4n) is 3.22. The normalized spacial score (nSPS) is 10.7. The van der Waals surface area contributed by atoms with Crippen LogP contribution >= 0.6 is 0 Å². The number of carbonyl (C=O) groups is 1. The number of aryl methyl sites for hydroxylation is 2. The van der Waals surface area contributed by atoms with Crippen molar-refractivity contribution < 1.29 is 4.79 Å². The Morgan fingerprint density at radius 2 is 2.08 bits per heavy atom. The molecule has 6 nitrogen and oxygen atoms in total. The summed E-state index contributed by atoms with van der Waals surface area (Å²) in [7, 11) is 1.96. The van der Waals surface area contributed by atoms with Crippen molar-refractivity contribution >= 4 is 22.5 Å². The molecule has 2 aromatic heterocycles. The van der Waals surface area contributed by atoms with Gasteiger partial charge in [0.25, 0.3) is 5.56 Å². The molecule has 0 spiro atoms. The number of nitrogens with one attached hydrogen (secondary N) is 2. The number of anilines is 1. The Hall–Kier alpha value is -3.33. The molecular formula is C20H20N4O2. The van der Waals surface area contributed by atoms with E-state index in [2.05, 4.69) is 10.3 Å². The summed E-state index contributed by atoms with van der Waals surface area (Å²) in [4.78, 5) is 26.8. The van der Waals surface area contributed by atoms with Gasteiger partial charge in [0.2, 0.25) is 5.91 Å². The molecule has 0 aliphatic carbocycles. The lowest BCUT2D eigenvalue weighted by atomic mass is 9.99.